The second-order valence-electron chi connectivity index (χ2n) is 17.9. The molecule has 0 aliphatic heterocycles. The number of guanidine groups is 1. The maximum absolute atomic E-state index is 14.2. The van der Waals surface area contributed by atoms with Crippen molar-refractivity contribution in [3.63, 3.8) is 0 Å². The van der Waals surface area contributed by atoms with E-state index >= 15 is 0 Å². The van der Waals surface area contributed by atoms with E-state index in [2.05, 4.69) is 42.2 Å². The third-order valence-electron chi connectivity index (χ3n) is 11.9. The first-order valence-corrected chi connectivity index (χ1v) is 24.7. The van der Waals surface area contributed by atoms with Crippen LogP contribution in [0.25, 0.3) is 0 Å². The number of nitrogens with zero attached hydrogens (tertiary/aromatic N) is 1. The first-order chi connectivity index (χ1) is 34.0. The Kier molecular flexibility index (Phi) is 33.5. The maximum Gasteiger partial charge on any atom is 0.326 e. The number of unbranched alkanes of at least 4 members (excludes halogenated alkanes) is 3. The predicted molar refractivity (Wildman–Crippen MR) is 267 cm³/mol. The zero-order valence-corrected chi connectivity index (χ0v) is 42.4. The number of carboxylic acids is 2. The molecule has 0 aliphatic carbocycles. The molecule has 0 saturated carbocycles. The number of amides is 8. The van der Waals surface area contributed by atoms with Gasteiger partial charge in [0.2, 0.25) is 47.3 Å². The van der Waals surface area contributed by atoms with Gasteiger partial charge in [0.1, 0.15) is 42.3 Å². The molecular formula is C45H85N15O12. The summed E-state index contributed by atoms with van der Waals surface area (Å²) in [5.74, 6) is -10.9. The maximum atomic E-state index is 14.2. The van der Waals surface area contributed by atoms with E-state index in [0.717, 1.165) is 0 Å². The summed E-state index contributed by atoms with van der Waals surface area (Å²) in [6.45, 7) is 7.76. The summed E-state index contributed by atoms with van der Waals surface area (Å²) >= 11 is 0. The van der Waals surface area contributed by atoms with E-state index in [0.29, 0.717) is 57.8 Å². The molecule has 0 fully saturated rings. The Labute approximate surface area is 421 Å². The average molecular weight is 1030 g/mol. The lowest BCUT2D eigenvalue weighted by molar-refractivity contribution is -0.143. The molecule has 0 unspecified atom stereocenters. The van der Waals surface area contributed by atoms with E-state index < -0.39 is 139 Å². The van der Waals surface area contributed by atoms with E-state index in [1.807, 2.05) is 0 Å². The molecule has 0 aromatic rings. The second kappa shape index (κ2) is 36.7. The minimum atomic E-state index is -1.64. The summed E-state index contributed by atoms with van der Waals surface area (Å²) in [6, 6.07) is -10.9. The Morgan fingerprint density at radius 2 is 0.847 bits per heavy atom. The molecule has 0 rings (SSSR count). The fourth-order valence-electron chi connectivity index (χ4n) is 7.13. The van der Waals surface area contributed by atoms with Gasteiger partial charge in [-0.2, -0.15) is 0 Å². The van der Waals surface area contributed by atoms with Crippen molar-refractivity contribution in [3.8, 4) is 0 Å². The van der Waals surface area contributed by atoms with Gasteiger partial charge in [-0.1, -0.05) is 40.5 Å². The highest BCUT2D eigenvalue weighted by Crippen LogP contribution is 2.14. The van der Waals surface area contributed by atoms with Crippen LogP contribution < -0.4 is 77.4 Å². The zero-order chi connectivity index (χ0) is 54.9. The van der Waals surface area contributed by atoms with Crippen LogP contribution >= 0.6 is 0 Å². The molecule has 27 nitrogen and oxygen atoms in total. The van der Waals surface area contributed by atoms with Crippen molar-refractivity contribution in [1.29, 1.82) is 0 Å². The van der Waals surface area contributed by atoms with Gasteiger partial charge in [-0.15, -0.1) is 0 Å². The number of carbonyl (C=O) groups excluding carboxylic acids is 8. The number of nitrogens with one attached hydrogen (secondary N) is 7. The van der Waals surface area contributed by atoms with Gasteiger partial charge in [0, 0.05) is 13.0 Å². The van der Waals surface area contributed by atoms with Crippen molar-refractivity contribution in [2.75, 3.05) is 26.2 Å². The number of hydrogen-bond donors (Lipinski definition) is 16. The van der Waals surface area contributed by atoms with E-state index in [1.165, 1.54) is 0 Å². The molecule has 0 bridgehead atoms. The van der Waals surface area contributed by atoms with Crippen molar-refractivity contribution in [2.24, 2.45) is 57.0 Å². The van der Waals surface area contributed by atoms with Gasteiger partial charge in [0.15, 0.2) is 5.96 Å². The summed E-state index contributed by atoms with van der Waals surface area (Å²) in [7, 11) is 0. The smallest absolute Gasteiger partial charge is 0.326 e. The Bertz CT molecular complexity index is 1790. The Morgan fingerprint density at radius 1 is 0.472 bits per heavy atom. The lowest BCUT2D eigenvalue weighted by atomic mass is 9.96. The predicted octanol–water partition coefficient (Wildman–Crippen LogP) is -3.94. The normalized spacial score (nSPS) is 15.2. The first kappa shape index (κ1) is 65.8. The molecule has 0 aromatic carbocycles. The van der Waals surface area contributed by atoms with Crippen LogP contribution in [0.3, 0.4) is 0 Å². The molecule has 27 heteroatoms. The third kappa shape index (κ3) is 26.9. The summed E-state index contributed by atoms with van der Waals surface area (Å²) in [5, 5.41) is 36.9. The van der Waals surface area contributed by atoms with Crippen molar-refractivity contribution in [3.05, 3.63) is 0 Å². The highest BCUT2D eigenvalue weighted by molar-refractivity contribution is 5.98. The minimum Gasteiger partial charge on any atom is -0.481 e. The van der Waals surface area contributed by atoms with E-state index in [4.69, 9.17) is 40.1 Å². The van der Waals surface area contributed by atoms with Crippen LogP contribution in [-0.2, 0) is 47.9 Å². The molecule has 0 saturated heterocycles. The number of carboxylic acid groups (broad SMARTS) is 2. The third-order valence-corrected chi connectivity index (χ3v) is 11.9. The summed E-state index contributed by atoms with van der Waals surface area (Å²) in [6.07, 6.45) is 1.83. The van der Waals surface area contributed by atoms with Gasteiger partial charge in [-0.05, 0) is 109 Å². The Balaban J connectivity index is 6.69. The van der Waals surface area contributed by atoms with E-state index in [1.54, 1.807) is 27.7 Å². The van der Waals surface area contributed by atoms with Crippen LogP contribution in [0.15, 0.2) is 4.99 Å². The minimum absolute atomic E-state index is 0.000461. The molecule has 0 aliphatic rings. The molecular weight excluding hydrogens is 943 g/mol. The monoisotopic (exact) mass is 1030 g/mol. The van der Waals surface area contributed by atoms with E-state index in [-0.39, 0.29) is 57.8 Å². The molecule has 8 amide bonds. The Morgan fingerprint density at radius 3 is 1.25 bits per heavy atom. The summed E-state index contributed by atoms with van der Waals surface area (Å²) < 4.78 is 0. The summed E-state index contributed by atoms with van der Waals surface area (Å²) in [4.78, 5) is 136. The van der Waals surface area contributed by atoms with Gasteiger partial charge < -0.3 is 87.6 Å². The topological polar surface area (TPSA) is 490 Å². The molecule has 72 heavy (non-hydrogen) atoms. The fourth-order valence-corrected chi connectivity index (χ4v) is 7.13. The highest BCUT2D eigenvalue weighted by Gasteiger charge is 2.36. The number of rotatable bonds is 40. The number of primary amides is 1. The lowest BCUT2D eigenvalue weighted by Gasteiger charge is -2.30. The Hall–Kier alpha value is -6.19. The van der Waals surface area contributed by atoms with Crippen LogP contribution in [0.4, 0.5) is 0 Å². The number of aliphatic imine (C=N–C) groups is 1. The van der Waals surface area contributed by atoms with Crippen LogP contribution in [0.1, 0.15) is 130 Å². The van der Waals surface area contributed by atoms with Gasteiger partial charge in [-0.25, -0.2) is 4.79 Å². The van der Waals surface area contributed by atoms with Gasteiger partial charge in [-0.3, -0.25) is 48.1 Å². The molecule has 412 valence electrons. The quantitative estimate of drug-likeness (QED) is 0.0158. The molecule has 0 heterocycles. The number of hydrogen-bond acceptors (Lipinski definition) is 15. The van der Waals surface area contributed by atoms with Gasteiger partial charge in [0.05, 0.1) is 12.5 Å². The molecule has 10 atom stereocenters. The zero-order valence-electron chi connectivity index (χ0n) is 42.4. The highest BCUT2D eigenvalue weighted by atomic mass is 16.4. The van der Waals surface area contributed by atoms with Gasteiger partial charge >= 0.3 is 11.9 Å². The number of aliphatic carboxylic acids is 2. The van der Waals surface area contributed by atoms with Crippen molar-refractivity contribution in [1.82, 2.24) is 37.2 Å². The molecule has 0 aromatic heterocycles. The molecule has 0 radical (unpaired) electrons. The van der Waals surface area contributed by atoms with Crippen molar-refractivity contribution < 1.29 is 58.2 Å². The number of nitrogens with two attached hydrogens (primary N) is 7. The van der Waals surface area contributed by atoms with Gasteiger partial charge in [0.25, 0.3) is 0 Å². The van der Waals surface area contributed by atoms with Crippen molar-refractivity contribution >= 4 is 65.2 Å². The van der Waals surface area contributed by atoms with E-state index in [9.17, 15) is 58.2 Å². The molecule has 0 spiro atoms. The van der Waals surface area contributed by atoms with Crippen LogP contribution in [0, 0.1) is 11.8 Å². The van der Waals surface area contributed by atoms with Crippen LogP contribution in [0.2, 0.25) is 0 Å². The fraction of sp³-hybridized carbons (Fsp3) is 0.756. The van der Waals surface area contributed by atoms with Crippen molar-refractivity contribution in [2.45, 2.75) is 179 Å². The summed E-state index contributed by atoms with van der Waals surface area (Å²) in [5.41, 5.74) is 39.2. The SMILES string of the molecule is CC[C@H](C)[C@H](NC(=O)[C@H](CCCCN)NC(=O)[C@H](CCCCN)NC(=O)[C@H](CC(N)=O)NC(=O)[C@@H](NC(=O)[C@@H](N)CCCN=C(N)N)[C@@H](C)CC)C(=O)N[C@@H](CCC(=O)O)C(=O)N[C@@H](CCCCN)C(=O)O. The second-order valence-corrected chi connectivity index (χ2v) is 17.9. The lowest BCUT2D eigenvalue weighted by Crippen LogP contribution is -2.61. The molecule has 23 N–H and O–H groups in total. The largest absolute Gasteiger partial charge is 0.481 e. The first-order valence-electron chi connectivity index (χ1n) is 24.7. The van der Waals surface area contributed by atoms with Crippen LogP contribution in [0.5, 0.6) is 0 Å². The standard InChI is InChI=1S/C45H85N15O12/c1-5-25(3)35(59-37(64)27(49)14-13-23-53-45(51)52)43(70)58-32(24-33(50)61)41(68)55-28(15-7-10-20-46)38(65)54-29(16-8-11-21-47)40(67)60-36(26(4)6-2)42(69)56-30(18-19-34(62)63)39(66)57-31(44(71)72)17-9-12-22-48/h25-32,35-36H,5-24,46-49H2,1-4H3,(H2,50,61)(H,54,65)(H,55,68)(H,56,69)(H,57,66)(H,58,70)(H,59,64)(H,60,67)(H,62,63)(H,71,72)(H4,51,52,53)/t25-,26-,27-,28-,29-,30-,31-,32-,35-,36-/m0/s1. The average Bonchev–Trinajstić information content (AvgIpc) is 3.32. The number of carbonyl (C=O) groups is 10. The van der Waals surface area contributed by atoms with Crippen LogP contribution in [-0.4, -0.2) is 150 Å².